The molecule has 0 aliphatic carbocycles. The second kappa shape index (κ2) is 4.87. The van der Waals surface area contributed by atoms with Crippen LogP contribution in [0.1, 0.15) is 0 Å². The van der Waals surface area contributed by atoms with Crippen LogP contribution in [0, 0.1) is 5.82 Å². The molecule has 0 bridgehead atoms. The van der Waals surface area contributed by atoms with E-state index >= 15 is 0 Å². The molecule has 0 saturated carbocycles. The predicted octanol–water partition coefficient (Wildman–Crippen LogP) is 0.974. The minimum atomic E-state index is -3.88. The summed E-state index contributed by atoms with van der Waals surface area (Å²) in [4.78, 5) is 10.9. The highest BCUT2D eigenvalue weighted by atomic mass is 32.2. The Labute approximate surface area is 108 Å². The third kappa shape index (κ3) is 2.36. The van der Waals surface area contributed by atoms with Gasteiger partial charge in [0.2, 0.25) is 10.0 Å². The molecule has 1 atom stereocenters. The van der Waals surface area contributed by atoms with E-state index in [9.17, 15) is 17.6 Å². The van der Waals surface area contributed by atoms with Crippen LogP contribution in [0.3, 0.4) is 0 Å². The molecule has 1 aromatic rings. The third-order valence-corrected chi connectivity index (χ3v) is 5.59. The maximum Gasteiger partial charge on any atom is 0.322 e. The van der Waals surface area contributed by atoms with E-state index < -0.39 is 27.9 Å². The zero-order valence-corrected chi connectivity index (χ0v) is 10.7. The number of nitrogens with zero attached hydrogens (tertiary/aromatic N) is 1. The molecule has 0 aromatic heterocycles. The van der Waals surface area contributed by atoms with E-state index in [0.717, 1.165) is 28.6 Å². The monoisotopic (exact) mass is 291 g/mol. The van der Waals surface area contributed by atoms with Gasteiger partial charge in [-0.1, -0.05) is 0 Å². The van der Waals surface area contributed by atoms with Crippen molar-refractivity contribution in [2.75, 3.05) is 11.6 Å². The van der Waals surface area contributed by atoms with Crippen LogP contribution in [-0.4, -0.2) is 41.5 Å². The molecule has 1 saturated heterocycles. The van der Waals surface area contributed by atoms with Crippen molar-refractivity contribution >= 4 is 27.8 Å². The van der Waals surface area contributed by atoms with E-state index in [2.05, 4.69) is 0 Å². The van der Waals surface area contributed by atoms with Gasteiger partial charge in [0, 0.05) is 5.75 Å². The average molecular weight is 291 g/mol. The summed E-state index contributed by atoms with van der Waals surface area (Å²) in [6.45, 7) is 0. The molecule has 2 rings (SSSR count). The quantitative estimate of drug-likeness (QED) is 0.898. The lowest BCUT2D eigenvalue weighted by molar-refractivity contribution is -0.140. The van der Waals surface area contributed by atoms with Crippen LogP contribution in [0.4, 0.5) is 4.39 Å². The number of rotatable bonds is 3. The molecule has 18 heavy (non-hydrogen) atoms. The van der Waals surface area contributed by atoms with Crippen molar-refractivity contribution in [3.05, 3.63) is 30.1 Å². The SMILES string of the molecule is O=C(O)C1CSCN1S(=O)(=O)c1ccc(F)cc1. The van der Waals surface area contributed by atoms with E-state index in [0.29, 0.717) is 0 Å². The molecule has 0 radical (unpaired) electrons. The molecule has 1 aliphatic heterocycles. The van der Waals surface area contributed by atoms with Crippen molar-refractivity contribution in [2.45, 2.75) is 10.9 Å². The first kappa shape index (κ1) is 13.3. The number of carboxylic acids is 1. The largest absolute Gasteiger partial charge is 0.480 e. The second-order valence-electron chi connectivity index (χ2n) is 3.70. The number of halogens is 1. The van der Waals surface area contributed by atoms with Crippen molar-refractivity contribution in [1.29, 1.82) is 0 Å². The Kier molecular flexibility index (Phi) is 3.60. The molecule has 1 aromatic carbocycles. The van der Waals surface area contributed by atoms with Gasteiger partial charge in [-0.3, -0.25) is 4.79 Å². The Hall–Kier alpha value is -1.12. The van der Waals surface area contributed by atoms with Gasteiger partial charge >= 0.3 is 5.97 Å². The van der Waals surface area contributed by atoms with Crippen molar-refractivity contribution < 1.29 is 22.7 Å². The van der Waals surface area contributed by atoms with Gasteiger partial charge in [-0.2, -0.15) is 4.31 Å². The highest BCUT2D eigenvalue weighted by molar-refractivity contribution is 8.00. The number of benzene rings is 1. The van der Waals surface area contributed by atoms with Gasteiger partial charge < -0.3 is 5.11 Å². The summed E-state index contributed by atoms with van der Waals surface area (Å²) < 4.78 is 38.0. The Bertz CT molecular complexity index is 558. The summed E-state index contributed by atoms with van der Waals surface area (Å²) in [5.41, 5.74) is 0. The Morgan fingerprint density at radius 3 is 2.56 bits per heavy atom. The van der Waals surface area contributed by atoms with Gasteiger partial charge in [0.1, 0.15) is 11.9 Å². The molecule has 1 aliphatic rings. The number of sulfonamides is 1. The summed E-state index contributed by atoms with van der Waals surface area (Å²) in [6.07, 6.45) is 0. The Morgan fingerprint density at radius 1 is 1.39 bits per heavy atom. The Balaban J connectivity index is 2.36. The van der Waals surface area contributed by atoms with Gasteiger partial charge in [-0.05, 0) is 24.3 Å². The molecule has 98 valence electrons. The highest BCUT2D eigenvalue weighted by Gasteiger charge is 2.39. The van der Waals surface area contributed by atoms with Crippen LogP contribution in [0.25, 0.3) is 0 Å². The number of thioether (sulfide) groups is 1. The molecular weight excluding hydrogens is 281 g/mol. The summed E-state index contributed by atoms with van der Waals surface area (Å²) in [6, 6.07) is 3.27. The van der Waals surface area contributed by atoms with E-state index in [1.807, 2.05) is 0 Å². The Morgan fingerprint density at radius 2 is 2.00 bits per heavy atom. The molecule has 1 N–H and O–H groups in total. The van der Waals surface area contributed by atoms with E-state index in [-0.39, 0.29) is 16.5 Å². The minimum absolute atomic E-state index is 0.0939. The maximum atomic E-state index is 12.8. The first-order chi connectivity index (χ1) is 8.43. The number of hydrogen-bond acceptors (Lipinski definition) is 4. The summed E-state index contributed by atoms with van der Waals surface area (Å²) in [7, 11) is -3.88. The normalized spacial score (nSPS) is 21.1. The summed E-state index contributed by atoms with van der Waals surface area (Å²) in [5, 5.41) is 8.96. The second-order valence-corrected chi connectivity index (χ2v) is 6.59. The van der Waals surface area contributed by atoms with E-state index in [4.69, 9.17) is 5.11 Å². The van der Waals surface area contributed by atoms with Crippen LogP contribution in [0.2, 0.25) is 0 Å². The fourth-order valence-corrected chi connectivity index (χ4v) is 4.74. The summed E-state index contributed by atoms with van der Waals surface area (Å²) in [5.74, 6) is -1.41. The number of carbonyl (C=O) groups is 1. The van der Waals surface area contributed by atoms with Crippen LogP contribution >= 0.6 is 11.8 Å². The van der Waals surface area contributed by atoms with Crippen molar-refractivity contribution in [3.8, 4) is 0 Å². The highest BCUT2D eigenvalue weighted by Crippen LogP contribution is 2.28. The molecular formula is C10H10FNO4S2. The standard InChI is InChI=1S/C10H10FNO4S2/c11-7-1-3-8(4-2-7)18(15,16)12-6-17-5-9(12)10(13)14/h1-4,9H,5-6H2,(H,13,14). The zero-order chi connectivity index (χ0) is 13.3. The molecule has 8 heteroatoms. The first-order valence-corrected chi connectivity index (χ1v) is 7.60. The van der Waals surface area contributed by atoms with E-state index in [1.54, 1.807) is 0 Å². The van der Waals surface area contributed by atoms with Crippen molar-refractivity contribution in [3.63, 3.8) is 0 Å². The maximum absolute atomic E-state index is 12.8. The smallest absolute Gasteiger partial charge is 0.322 e. The number of aliphatic carboxylic acids is 1. The van der Waals surface area contributed by atoms with E-state index in [1.165, 1.54) is 11.8 Å². The van der Waals surface area contributed by atoms with Crippen LogP contribution < -0.4 is 0 Å². The van der Waals surface area contributed by atoms with Gasteiger partial charge in [0.05, 0.1) is 10.8 Å². The fraction of sp³-hybridized carbons (Fsp3) is 0.300. The number of carboxylic acid groups (broad SMARTS) is 1. The molecule has 1 heterocycles. The van der Waals surface area contributed by atoms with Crippen molar-refractivity contribution in [1.82, 2.24) is 4.31 Å². The molecule has 1 fully saturated rings. The lowest BCUT2D eigenvalue weighted by Gasteiger charge is -2.19. The average Bonchev–Trinajstić information content (AvgIpc) is 2.79. The molecule has 0 spiro atoms. The van der Waals surface area contributed by atoms with Crippen LogP contribution in [0.15, 0.2) is 29.2 Å². The zero-order valence-electron chi connectivity index (χ0n) is 9.11. The third-order valence-electron chi connectivity index (χ3n) is 2.55. The van der Waals surface area contributed by atoms with Crippen LogP contribution in [-0.2, 0) is 14.8 Å². The number of hydrogen-bond donors (Lipinski definition) is 1. The molecule has 0 amide bonds. The topological polar surface area (TPSA) is 74.7 Å². The van der Waals surface area contributed by atoms with Crippen molar-refractivity contribution in [2.24, 2.45) is 0 Å². The first-order valence-electron chi connectivity index (χ1n) is 5.01. The van der Waals surface area contributed by atoms with Gasteiger partial charge in [0.25, 0.3) is 0 Å². The van der Waals surface area contributed by atoms with Gasteiger partial charge in [-0.25, -0.2) is 12.8 Å². The lowest BCUT2D eigenvalue weighted by atomic mass is 10.3. The lowest BCUT2D eigenvalue weighted by Crippen LogP contribution is -2.41. The molecule has 1 unspecified atom stereocenters. The minimum Gasteiger partial charge on any atom is -0.480 e. The summed E-state index contributed by atoms with van der Waals surface area (Å²) >= 11 is 1.24. The van der Waals surface area contributed by atoms with Gasteiger partial charge in [-0.15, -0.1) is 11.8 Å². The van der Waals surface area contributed by atoms with Crippen LogP contribution in [0.5, 0.6) is 0 Å². The molecule has 5 nitrogen and oxygen atoms in total. The predicted molar refractivity (Wildman–Crippen MR) is 64.2 cm³/mol. The fourth-order valence-electron chi connectivity index (χ4n) is 1.60. The van der Waals surface area contributed by atoms with Gasteiger partial charge in [0.15, 0.2) is 0 Å².